The van der Waals surface area contributed by atoms with Gasteiger partial charge in [-0.05, 0) is 25.2 Å². The molecule has 14 heavy (non-hydrogen) atoms. The molecule has 1 saturated carbocycles. The molecule has 0 spiro atoms. The Hall–Kier alpha value is -0.0500. The molecule has 1 saturated heterocycles. The molecule has 0 aromatic heterocycles. The Balaban J connectivity index is 2.25. The van der Waals surface area contributed by atoms with Crippen LogP contribution in [-0.2, 0) is 9.53 Å². The van der Waals surface area contributed by atoms with E-state index in [9.17, 15) is 4.79 Å². The molecule has 3 unspecified atom stereocenters. The third-order valence-corrected chi connectivity index (χ3v) is 4.08. The van der Waals surface area contributed by atoms with Crippen LogP contribution in [0.5, 0.6) is 0 Å². The average Bonchev–Trinajstić information content (AvgIpc) is 2.25. The summed E-state index contributed by atoms with van der Waals surface area (Å²) in [7, 11) is 0. The van der Waals surface area contributed by atoms with Crippen molar-refractivity contribution in [2.75, 3.05) is 0 Å². The van der Waals surface area contributed by atoms with Crippen LogP contribution < -0.4 is 0 Å². The normalized spacial score (nSPS) is 45.9. The summed E-state index contributed by atoms with van der Waals surface area (Å²) in [6, 6.07) is 0. The Kier molecular flexibility index (Phi) is 2.22. The van der Waals surface area contributed by atoms with Gasteiger partial charge in [-0.2, -0.15) is 0 Å². The molecular formula is C11H17BrO2. The van der Waals surface area contributed by atoms with Crippen LogP contribution in [0.1, 0.15) is 40.0 Å². The first kappa shape index (κ1) is 10.5. The predicted molar refractivity (Wildman–Crippen MR) is 58.3 cm³/mol. The minimum absolute atomic E-state index is 0.0247. The molecule has 0 amide bonds. The number of fused-ring (bicyclic) bond motifs is 1. The minimum atomic E-state index is -0.0361. The van der Waals surface area contributed by atoms with Gasteiger partial charge in [0.05, 0.1) is 10.7 Å². The SMILES string of the molecule is CC1(C)CC2CC(=O)OC2C(C)(Br)C1. The van der Waals surface area contributed by atoms with Crippen LogP contribution in [0.15, 0.2) is 0 Å². The van der Waals surface area contributed by atoms with Gasteiger partial charge in [0.15, 0.2) is 0 Å². The summed E-state index contributed by atoms with van der Waals surface area (Å²) in [6.07, 6.45) is 2.86. The Morgan fingerprint density at radius 2 is 2.07 bits per heavy atom. The van der Waals surface area contributed by atoms with E-state index in [0.29, 0.717) is 17.8 Å². The van der Waals surface area contributed by atoms with Crippen molar-refractivity contribution >= 4 is 21.9 Å². The molecule has 2 aliphatic rings. The number of rotatable bonds is 0. The van der Waals surface area contributed by atoms with Gasteiger partial charge in [-0.25, -0.2) is 0 Å². The zero-order chi connectivity index (χ0) is 10.6. The van der Waals surface area contributed by atoms with Crippen LogP contribution in [-0.4, -0.2) is 16.4 Å². The van der Waals surface area contributed by atoms with Crippen LogP contribution in [0.3, 0.4) is 0 Å². The van der Waals surface area contributed by atoms with Crippen molar-refractivity contribution in [1.29, 1.82) is 0 Å². The number of hydrogen-bond acceptors (Lipinski definition) is 2. The maximum absolute atomic E-state index is 11.3. The van der Waals surface area contributed by atoms with Crippen LogP contribution in [0.4, 0.5) is 0 Å². The van der Waals surface area contributed by atoms with Crippen LogP contribution >= 0.6 is 15.9 Å². The second-order valence-corrected chi connectivity index (χ2v) is 7.51. The average molecular weight is 261 g/mol. The quantitative estimate of drug-likeness (QED) is 0.495. The maximum atomic E-state index is 11.3. The molecule has 0 radical (unpaired) electrons. The molecule has 1 heterocycles. The second kappa shape index (κ2) is 2.97. The van der Waals surface area contributed by atoms with E-state index in [1.54, 1.807) is 0 Å². The standard InChI is InChI=1S/C11H17BrO2/c1-10(2)5-7-4-8(13)14-9(7)11(3,12)6-10/h7,9H,4-6H2,1-3H3. The number of alkyl halides is 1. The molecule has 3 atom stereocenters. The van der Waals surface area contributed by atoms with Crippen LogP contribution in [0, 0.1) is 11.3 Å². The first-order valence-electron chi connectivity index (χ1n) is 5.19. The number of carbonyl (C=O) groups excluding carboxylic acids is 1. The van der Waals surface area contributed by atoms with E-state index in [4.69, 9.17) is 4.74 Å². The number of carbonyl (C=O) groups is 1. The highest BCUT2D eigenvalue weighted by Crippen LogP contribution is 2.52. The molecule has 1 aliphatic heterocycles. The molecule has 3 heteroatoms. The summed E-state index contributed by atoms with van der Waals surface area (Å²) >= 11 is 3.73. The number of esters is 1. The first-order chi connectivity index (χ1) is 6.30. The Morgan fingerprint density at radius 3 is 2.71 bits per heavy atom. The van der Waals surface area contributed by atoms with Crippen LogP contribution in [0.25, 0.3) is 0 Å². The third-order valence-electron chi connectivity index (χ3n) is 3.35. The monoisotopic (exact) mass is 260 g/mol. The van der Waals surface area contributed by atoms with Gasteiger partial charge in [0.1, 0.15) is 6.10 Å². The van der Waals surface area contributed by atoms with Gasteiger partial charge < -0.3 is 4.74 Å². The van der Waals surface area contributed by atoms with Crippen molar-refractivity contribution in [3.63, 3.8) is 0 Å². The predicted octanol–water partition coefficient (Wildman–Crippen LogP) is 2.89. The topological polar surface area (TPSA) is 26.3 Å². The molecule has 1 aliphatic carbocycles. The van der Waals surface area contributed by atoms with Crippen molar-refractivity contribution < 1.29 is 9.53 Å². The summed E-state index contributed by atoms with van der Waals surface area (Å²) < 4.78 is 5.35. The largest absolute Gasteiger partial charge is 0.461 e. The fourth-order valence-corrected chi connectivity index (χ4v) is 4.45. The first-order valence-corrected chi connectivity index (χ1v) is 5.98. The lowest BCUT2D eigenvalue weighted by Gasteiger charge is -2.45. The van der Waals surface area contributed by atoms with Crippen molar-refractivity contribution in [2.24, 2.45) is 11.3 Å². The van der Waals surface area contributed by atoms with E-state index >= 15 is 0 Å². The number of halogens is 1. The summed E-state index contributed by atoms with van der Waals surface area (Å²) in [5, 5.41) is 0. The van der Waals surface area contributed by atoms with Crippen molar-refractivity contribution in [2.45, 2.75) is 50.5 Å². The molecule has 0 bridgehead atoms. The van der Waals surface area contributed by atoms with Crippen molar-refractivity contribution in [3.8, 4) is 0 Å². The summed E-state index contributed by atoms with van der Waals surface area (Å²) in [4.78, 5) is 11.3. The highest BCUT2D eigenvalue weighted by Gasteiger charge is 2.53. The molecule has 2 rings (SSSR count). The zero-order valence-electron chi connectivity index (χ0n) is 8.97. The molecule has 0 aromatic carbocycles. The van der Waals surface area contributed by atoms with Gasteiger partial charge in [-0.15, -0.1) is 0 Å². The van der Waals surface area contributed by atoms with Gasteiger partial charge >= 0.3 is 5.97 Å². The Labute approximate surface area is 93.5 Å². The number of hydrogen-bond donors (Lipinski definition) is 0. The van der Waals surface area contributed by atoms with Crippen LogP contribution in [0.2, 0.25) is 0 Å². The van der Waals surface area contributed by atoms with E-state index in [1.165, 1.54) is 0 Å². The van der Waals surface area contributed by atoms with Gasteiger partial charge in [0.25, 0.3) is 0 Å². The Morgan fingerprint density at radius 1 is 1.43 bits per heavy atom. The fraction of sp³-hybridized carbons (Fsp3) is 0.909. The molecule has 80 valence electrons. The fourth-order valence-electron chi connectivity index (χ4n) is 3.22. The van der Waals surface area contributed by atoms with Crippen molar-refractivity contribution in [3.05, 3.63) is 0 Å². The lowest BCUT2D eigenvalue weighted by Crippen LogP contribution is -2.47. The minimum Gasteiger partial charge on any atom is -0.461 e. The van der Waals surface area contributed by atoms with E-state index < -0.39 is 0 Å². The maximum Gasteiger partial charge on any atom is 0.306 e. The molecular weight excluding hydrogens is 244 g/mol. The summed E-state index contributed by atoms with van der Waals surface area (Å²) in [6.45, 7) is 6.68. The molecule has 0 N–H and O–H groups in total. The lowest BCUT2D eigenvalue weighted by atomic mass is 9.66. The second-order valence-electron chi connectivity index (χ2n) is 5.70. The van der Waals surface area contributed by atoms with Crippen molar-refractivity contribution in [1.82, 2.24) is 0 Å². The molecule has 2 nitrogen and oxygen atoms in total. The van der Waals surface area contributed by atoms with Gasteiger partial charge in [-0.1, -0.05) is 29.8 Å². The third kappa shape index (κ3) is 1.71. The smallest absolute Gasteiger partial charge is 0.306 e. The van der Waals surface area contributed by atoms with Gasteiger partial charge in [0, 0.05) is 5.92 Å². The molecule has 2 fully saturated rings. The highest BCUT2D eigenvalue weighted by molar-refractivity contribution is 9.10. The van der Waals surface area contributed by atoms with E-state index in [1.807, 2.05) is 0 Å². The Bertz CT molecular complexity index is 270. The zero-order valence-corrected chi connectivity index (χ0v) is 10.6. The van der Waals surface area contributed by atoms with Gasteiger partial charge in [0.2, 0.25) is 0 Å². The highest BCUT2D eigenvalue weighted by atomic mass is 79.9. The summed E-state index contributed by atoms with van der Waals surface area (Å²) in [5.41, 5.74) is 0.313. The molecule has 0 aromatic rings. The summed E-state index contributed by atoms with van der Waals surface area (Å²) in [5.74, 6) is 0.388. The number of ether oxygens (including phenoxy) is 1. The van der Waals surface area contributed by atoms with E-state index in [2.05, 4.69) is 36.7 Å². The lowest BCUT2D eigenvalue weighted by molar-refractivity contribution is -0.143. The van der Waals surface area contributed by atoms with E-state index in [0.717, 1.165) is 12.8 Å². The van der Waals surface area contributed by atoms with Gasteiger partial charge in [-0.3, -0.25) is 4.79 Å². The van der Waals surface area contributed by atoms with E-state index in [-0.39, 0.29) is 16.4 Å².